The van der Waals surface area contributed by atoms with Gasteiger partial charge in [0, 0.05) is 29.8 Å². The first kappa shape index (κ1) is 17.8. The Morgan fingerprint density at radius 1 is 1.19 bits per heavy atom. The van der Waals surface area contributed by atoms with E-state index >= 15 is 0 Å². The molecular weight excluding hydrogens is 344 g/mol. The van der Waals surface area contributed by atoms with E-state index in [1.807, 2.05) is 6.07 Å². The number of pyridine rings is 1. The lowest BCUT2D eigenvalue weighted by Crippen LogP contribution is -2.21. The highest BCUT2D eigenvalue weighted by Crippen LogP contribution is 2.38. The lowest BCUT2D eigenvalue weighted by molar-refractivity contribution is 0.101. The Labute approximate surface area is 158 Å². The number of nitrogens with zero attached hydrogens (tertiary/aromatic N) is 1. The molecule has 27 heavy (non-hydrogen) atoms. The predicted molar refractivity (Wildman–Crippen MR) is 101 cm³/mol. The Balaban J connectivity index is 1.49. The van der Waals surface area contributed by atoms with Crippen LogP contribution in [0.2, 0.25) is 0 Å². The fraction of sp³-hybridized carbons (Fsp3) is 0.429. The fourth-order valence-corrected chi connectivity index (χ4v) is 3.67. The summed E-state index contributed by atoms with van der Waals surface area (Å²) in [5.41, 5.74) is 1.74. The molecule has 2 aliphatic rings. The second kappa shape index (κ2) is 7.96. The molecule has 1 aliphatic carbocycles. The van der Waals surface area contributed by atoms with E-state index in [1.54, 1.807) is 30.5 Å². The predicted octanol–water partition coefficient (Wildman–Crippen LogP) is 3.86. The van der Waals surface area contributed by atoms with Crippen LogP contribution in [0.25, 0.3) is 0 Å². The number of para-hydroxylation sites is 1. The lowest BCUT2D eigenvalue weighted by Gasteiger charge is -2.24. The van der Waals surface area contributed by atoms with Crippen molar-refractivity contribution in [3.63, 3.8) is 0 Å². The number of ether oxygens (including phenoxy) is 2. The van der Waals surface area contributed by atoms with Gasteiger partial charge in [-0.1, -0.05) is 18.6 Å². The number of aromatic nitrogens is 1. The highest BCUT2D eigenvalue weighted by atomic mass is 16.5. The third kappa shape index (κ3) is 4.06. The SMILES string of the molecule is O=C(Nc1cccc2c1OCCC2O)c1ccnc(OC2CCCCC2)c1. The van der Waals surface area contributed by atoms with Crippen LogP contribution in [-0.2, 0) is 0 Å². The molecule has 0 radical (unpaired) electrons. The number of aliphatic hydroxyl groups is 1. The number of hydrogen-bond donors (Lipinski definition) is 2. The fourth-order valence-electron chi connectivity index (χ4n) is 3.67. The van der Waals surface area contributed by atoms with Gasteiger partial charge in [0.2, 0.25) is 5.88 Å². The van der Waals surface area contributed by atoms with Gasteiger partial charge in [-0.15, -0.1) is 0 Å². The molecule has 1 amide bonds. The van der Waals surface area contributed by atoms with Crippen molar-refractivity contribution in [1.82, 2.24) is 4.98 Å². The maximum absolute atomic E-state index is 12.7. The molecule has 6 nitrogen and oxygen atoms in total. The summed E-state index contributed by atoms with van der Waals surface area (Å²) in [6.45, 7) is 0.426. The number of rotatable bonds is 4. The molecule has 0 saturated heterocycles. The van der Waals surface area contributed by atoms with Crippen LogP contribution in [0.3, 0.4) is 0 Å². The van der Waals surface area contributed by atoms with E-state index in [0.717, 1.165) is 12.8 Å². The Hall–Kier alpha value is -2.60. The van der Waals surface area contributed by atoms with Gasteiger partial charge in [-0.25, -0.2) is 4.98 Å². The van der Waals surface area contributed by atoms with Crippen LogP contribution >= 0.6 is 0 Å². The Bertz CT molecular complexity index is 818. The number of nitrogens with one attached hydrogen (secondary N) is 1. The van der Waals surface area contributed by atoms with Gasteiger partial charge >= 0.3 is 0 Å². The first-order valence-electron chi connectivity index (χ1n) is 9.58. The van der Waals surface area contributed by atoms with E-state index in [-0.39, 0.29) is 12.0 Å². The summed E-state index contributed by atoms with van der Waals surface area (Å²) >= 11 is 0. The number of fused-ring (bicyclic) bond motifs is 1. The molecule has 2 aromatic rings. The van der Waals surface area contributed by atoms with Crippen LogP contribution < -0.4 is 14.8 Å². The van der Waals surface area contributed by atoms with E-state index in [9.17, 15) is 9.90 Å². The normalized spacial score (nSPS) is 19.7. The van der Waals surface area contributed by atoms with Gasteiger partial charge in [0.15, 0.2) is 0 Å². The van der Waals surface area contributed by atoms with Gasteiger partial charge in [-0.3, -0.25) is 4.79 Å². The monoisotopic (exact) mass is 368 g/mol. The molecule has 1 unspecified atom stereocenters. The first-order chi connectivity index (χ1) is 13.2. The zero-order chi connectivity index (χ0) is 18.6. The van der Waals surface area contributed by atoms with Crippen molar-refractivity contribution in [2.45, 2.75) is 50.7 Å². The lowest BCUT2D eigenvalue weighted by atomic mass is 9.98. The van der Waals surface area contributed by atoms with Crippen molar-refractivity contribution in [2.75, 3.05) is 11.9 Å². The summed E-state index contributed by atoms with van der Waals surface area (Å²) in [6.07, 6.45) is 7.44. The number of benzene rings is 1. The van der Waals surface area contributed by atoms with Crippen molar-refractivity contribution in [3.8, 4) is 11.6 Å². The molecule has 1 fully saturated rings. The molecule has 6 heteroatoms. The molecule has 4 rings (SSSR count). The van der Waals surface area contributed by atoms with Crippen molar-refractivity contribution in [2.24, 2.45) is 0 Å². The zero-order valence-corrected chi connectivity index (χ0v) is 15.2. The maximum Gasteiger partial charge on any atom is 0.256 e. The summed E-state index contributed by atoms with van der Waals surface area (Å²) in [7, 11) is 0. The average molecular weight is 368 g/mol. The molecule has 2 N–H and O–H groups in total. The van der Waals surface area contributed by atoms with Crippen LogP contribution in [-0.4, -0.2) is 28.7 Å². The van der Waals surface area contributed by atoms with Gasteiger partial charge in [0.05, 0.1) is 18.4 Å². The van der Waals surface area contributed by atoms with Crippen LogP contribution in [0.15, 0.2) is 36.5 Å². The second-order valence-corrected chi connectivity index (χ2v) is 7.09. The molecule has 0 bridgehead atoms. The van der Waals surface area contributed by atoms with Gasteiger partial charge in [0.1, 0.15) is 11.9 Å². The van der Waals surface area contributed by atoms with Crippen LogP contribution in [0.4, 0.5) is 5.69 Å². The molecule has 142 valence electrons. The molecule has 1 saturated carbocycles. The van der Waals surface area contributed by atoms with E-state index in [2.05, 4.69) is 10.3 Å². The van der Waals surface area contributed by atoms with Gasteiger partial charge in [-0.05, 0) is 37.8 Å². The molecule has 1 aliphatic heterocycles. The topological polar surface area (TPSA) is 80.7 Å². The Morgan fingerprint density at radius 3 is 2.89 bits per heavy atom. The van der Waals surface area contributed by atoms with Crippen molar-refractivity contribution >= 4 is 11.6 Å². The van der Waals surface area contributed by atoms with Gasteiger partial charge in [-0.2, -0.15) is 0 Å². The Morgan fingerprint density at radius 2 is 2.04 bits per heavy atom. The van der Waals surface area contributed by atoms with Crippen LogP contribution in [0.5, 0.6) is 11.6 Å². The third-order valence-electron chi connectivity index (χ3n) is 5.13. The second-order valence-electron chi connectivity index (χ2n) is 7.09. The maximum atomic E-state index is 12.7. The minimum atomic E-state index is -0.568. The van der Waals surface area contributed by atoms with Crippen molar-refractivity contribution < 1.29 is 19.4 Å². The highest BCUT2D eigenvalue weighted by molar-refractivity contribution is 6.05. The number of aliphatic hydroxyl groups excluding tert-OH is 1. The van der Waals surface area contributed by atoms with E-state index in [4.69, 9.17) is 9.47 Å². The third-order valence-corrected chi connectivity index (χ3v) is 5.13. The van der Waals surface area contributed by atoms with Crippen molar-refractivity contribution in [1.29, 1.82) is 0 Å². The highest BCUT2D eigenvalue weighted by Gasteiger charge is 2.23. The Kier molecular flexibility index (Phi) is 5.25. The van der Waals surface area contributed by atoms with Crippen LogP contribution in [0, 0.1) is 0 Å². The first-order valence-corrected chi connectivity index (χ1v) is 9.58. The van der Waals surface area contributed by atoms with Crippen molar-refractivity contribution in [3.05, 3.63) is 47.7 Å². The largest absolute Gasteiger partial charge is 0.491 e. The summed E-state index contributed by atoms with van der Waals surface area (Å²) < 4.78 is 11.6. The zero-order valence-electron chi connectivity index (χ0n) is 15.2. The quantitative estimate of drug-likeness (QED) is 0.856. The molecule has 0 spiro atoms. The summed E-state index contributed by atoms with van der Waals surface area (Å²) in [5.74, 6) is 0.761. The molecular formula is C21H24N2O4. The molecule has 1 aromatic carbocycles. The number of anilines is 1. The minimum Gasteiger partial charge on any atom is -0.491 e. The number of carbonyl (C=O) groups excluding carboxylic acids is 1. The molecule has 2 heterocycles. The summed E-state index contributed by atoms with van der Waals surface area (Å²) in [4.78, 5) is 17.0. The molecule has 1 atom stereocenters. The standard InChI is InChI=1S/C21H24N2O4/c24-18-10-12-26-20-16(18)7-4-8-17(20)23-21(25)14-9-11-22-19(13-14)27-15-5-2-1-3-6-15/h4,7-9,11,13,15,18,24H,1-3,5-6,10,12H2,(H,23,25). The minimum absolute atomic E-state index is 0.181. The van der Waals surface area contributed by atoms with Gasteiger partial charge < -0.3 is 19.9 Å². The van der Waals surface area contributed by atoms with E-state index in [1.165, 1.54) is 19.3 Å². The molecule has 1 aromatic heterocycles. The average Bonchev–Trinajstić information content (AvgIpc) is 2.70. The van der Waals surface area contributed by atoms with E-state index in [0.29, 0.717) is 41.5 Å². The van der Waals surface area contributed by atoms with Gasteiger partial charge in [0.25, 0.3) is 5.91 Å². The van der Waals surface area contributed by atoms with E-state index < -0.39 is 6.10 Å². The smallest absolute Gasteiger partial charge is 0.256 e. The van der Waals surface area contributed by atoms with Crippen LogP contribution in [0.1, 0.15) is 60.6 Å². The number of hydrogen-bond acceptors (Lipinski definition) is 5. The number of amides is 1. The number of carbonyl (C=O) groups is 1. The summed E-state index contributed by atoms with van der Waals surface area (Å²) in [6, 6.07) is 8.73. The summed E-state index contributed by atoms with van der Waals surface area (Å²) in [5, 5.41) is 13.0.